The molecule has 0 bridgehead atoms. The maximum absolute atomic E-state index is 5.56. The third-order valence-electron chi connectivity index (χ3n) is 3.53. The number of pyridine rings is 1. The van der Waals surface area contributed by atoms with Gasteiger partial charge in [-0.05, 0) is 32.4 Å². The molecule has 0 aliphatic carbocycles. The van der Waals surface area contributed by atoms with Crippen molar-refractivity contribution in [2.24, 2.45) is 0 Å². The van der Waals surface area contributed by atoms with E-state index in [0.29, 0.717) is 0 Å². The molecule has 106 valence electrons. The van der Waals surface area contributed by atoms with Gasteiger partial charge in [0.15, 0.2) is 0 Å². The number of hydrogen-bond acceptors (Lipinski definition) is 4. The van der Waals surface area contributed by atoms with Crippen molar-refractivity contribution in [3.63, 3.8) is 0 Å². The molecule has 1 aliphatic heterocycles. The van der Waals surface area contributed by atoms with Crippen LogP contribution in [-0.2, 0) is 11.3 Å². The SMILES string of the molecule is CCCNc1cccc(CN2CCOCC2(C)C)n1. The highest BCUT2D eigenvalue weighted by molar-refractivity contribution is 5.35. The van der Waals surface area contributed by atoms with Gasteiger partial charge in [-0.3, -0.25) is 4.90 Å². The molecule has 4 heteroatoms. The van der Waals surface area contributed by atoms with Crippen LogP contribution >= 0.6 is 0 Å². The van der Waals surface area contributed by atoms with Crippen molar-refractivity contribution in [1.82, 2.24) is 9.88 Å². The van der Waals surface area contributed by atoms with Gasteiger partial charge in [0, 0.05) is 25.2 Å². The Morgan fingerprint density at radius 1 is 1.42 bits per heavy atom. The Labute approximate surface area is 116 Å². The van der Waals surface area contributed by atoms with E-state index in [-0.39, 0.29) is 5.54 Å². The number of rotatable bonds is 5. The minimum absolute atomic E-state index is 0.0901. The van der Waals surface area contributed by atoms with E-state index in [1.807, 2.05) is 6.07 Å². The Balaban J connectivity index is 2.01. The Hall–Kier alpha value is -1.13. The topological polar surface area (TPSA) is 37.4 Å². The van der Waals surface area contributed by atoms with Crippen LogP contribution in [0.4, 0.5) is 5.82 Å². The molecule has 1 aromatic rings. The van der Waals surface area contributed by atoms with Crippen LogP contribution in [0, 0.1) is 0 Å². The number of nitrogens with one attached hydrogen (secondary N) is 1. The lowest BCUT2D eigenvalue weighted by atomic mass is 10.0. The van der Waals surface area contributed by atoms with Gasteiger partial charge in [0.05, 0.1) is 18.9 Å². The molecule has 1 aliphatic rings. The number of anilines is 1. The van der Waals surface area contributed by atoms with E-state index >= 15 is 0 Å². The average molecular weight is 263 g/mol. The molecular formula is C15H25N3O. The summed E-state index contributed by atoms with van der Waals surface area (Å²) in [7, 11) is 0. The minimum Gasteiger partial charge on any atom is -0.378 e. The molecule has 1 aromatic heterocycles. The summed E-state index contributed by atoms with van der Waals surface area (Å²) in [5.74, 6) is 0.977. The molecule has 1 saturated heterocycles. The molecule has 0 amide bonds. The highest BCUT2D eigenvalue weighted by Crippen LogP contribution is 2.21. The average Bonchev–Trinajstić information content (AvgIpc) is 2.39. The zero-order chi connectivity index (χ0) is 13.7. The third kappa shape index (κ3) is 3.91. The van der Waals surface area contributed by atoms with Crippen molar-refractivity contribution in [2.45, 2.75) is 39.3 Å². The molecule has 19 heavy (non-hydrogen) atoms. The van der Waals surface area contributed by atoms with Crippen molar-refractivity contribution < 1.29 is 4.74 Å². The normalized spacial score (nSPS) is 19.3. The Morgan fingerprint density at radius 2 is 2.26 bits per heavy atom. The maximum Gasteiger partial charge on any atom is 0.126 e. The summed E-state index contributed by atoms with van der Waals surface area (Å²) in [5, 5.41) is 3.34. The number of morpholine rings is 1. The third-order valence-corrected chi connectivity index (χ3v) is 3.53. The van der Waals surface area contributed by atoms with Crippen LogP contribution in [0.25, 0.3) is 0 Å². The minimum atomic E-state index is 0.0901. The summed E-state index contributed by atoms with van der Waals surface area (Å²) in [5.41, 5.74) is 1.21. The van der Waals surface area contributed by atoms with Crippen molar-refractivity contribution in [3.05, 3.63) is 23.9 Å². The first kappa shape index (κ1) is 14.3. The van der Waals surface area contributed by atoms with E-state index in [4.69, 9.17) is 4.74 Å². The van der Waals surface area contributed by atoms with Gasteiger partial charge in [-0.1, -0.05) is 13.0 Å². The van der Waals surface area contributed by atoms with Gasteiger partial charge < -0.3 is 10.1 Å². The summed E-state index contributed by atoms with van der Waals surface area (Å²) in [6.07, 6.45) is 1.11. The first-order valence-corrected chi connectivity index (χ1v) is 7.14. The fourth-order valence-corrected chi connectivity index (χ4v) is 2.30. The molecule has 0 aromatic carbocycles. The molecule has 0 spiro atoms. The standard InChI is InChI=1S/C15H25N3O/c1-4-8-16-14-7-5-6-13(17-14)11-18-9-10-19-12-15(18,2)3/h5-7H,4,8-12H2,1-3H3,(H,16,17). The fourth-order valence-electron chi connectivity index (χ4n) is 2.30. The van der Waals surface area contributed by atoms with E-state index in [0.717, 1.165) is 50.8 Å². The Bertz CT molecular complexity index is 406. The second kappa shape index (κ2) is 6.35. The van der Waals surface area contributed by atoms with Gasteiger partial charge in [0.25, 0.3) is 0 Å². The lowest BCUT2D eigenvalue weighted by Gasteiger charge is -2.41. The number of aromatic nitrogens is 1. The van der Waals surface area contributed by atoms with Gasteiger partial charge >= 0.3 is 0 Å². The summed E-state index contributed by atoms with van der Waals surface area (Å²) in [6.45, 7) is 11.1. The van der Waals surface area contributed by atoms with E-state index in [2.05, 4.69) is 48.1 Å². The van der Waals surface area contributed by atoms with Crippen LogP contribution in [0.15, 0.2) is 18.2 Å². The Morgan fingerprint density at radius 3 is 3.00 bits per heavy atom. The molecule has 0 saturated carbocycles. The van der Waals surface area contributed by atoms with Crippen LogP contribution < -0.4 is 5.32 Å². The summed E-state index contributed by atoms with van der Waals surface area (Å²) < 4.78 is 5.56. The van der Waals surface area contributed by atoms with E-state index < -0.39 is 0 Å². The molecule has 0 radical (unpaired) electrons. The van der Waals surface area contributed by atoms with Crippen molar-refractivity contribution in [1.29, 1.82) is 0 Å². The molecule has 1 fully saturated rings. The maximum atomic E-state index is 5.56. The predicted octanol–water partition coefficient (Wildman–Crippen LogP) is 2.51. The van der Waals surface area contributed by atoms with Crippen molar-refractivity contribution >= 4 is 5.82 Å². The summed E-state index contributed by atoms with van der Waals surface area (Å²) in [6, 6.07) is 6.21. The van der Waals surface area contributed by atoms with Crippen LogP contribution in [0.5, 0.6) is 0 Å². The number of ether oxygens (including phenoxy) is 1. The molecule has 0 atom stereocenters. The lowest BCUT2D eigenvalue weighted by molar-refractivity contribution is -0.0557. The molecule has 2 rings (SSSR count). The van der Waals surface area contributed by atoms with Crippen molar-refractivity contribution in [2.75, 3.05) is 31.6 Å². The quantitative estimate of drug-likeness (QED) is 0.886. The zero-order valence-corrected chi connectivity index (χ0v) is 12.3. The highest BCUT2D eigenvalue weighted by atomic mass is 16.5. The predicted molar refractivity (Wildman–Crippen MR) is 78.3 cm³/mol. The molecular weight excluding hydrogens is 238 g/mol. The zero-order valence-electron chi connectivity index (χ0n) is 12.3. The second-order valence-electron chi connectivity index (χ2n) is 5.73. The monoisotopic (exact) mass is 263 g/mol. The smallest absolute Gasteiger partial charge is 0.126 e. The number of hydrogen-bond donors (Lipinski definition) is 1. The number of nitrogens with zero attached hydrogens (tertiary/aromatic N) is 2. The second-order valence-corrected chi connectivity index (χ2v) is 5.73. The molecule has 1 N–H and O–H groups in total. The van der Waals surface area contributed by atoms with Crippen LogP contribution in [0.3, 0.4) is 0 Å². The summed E-state index contributed by atoms with van der Waals surface area (Å²) in [4.78, 5) is 7.12. The van der Waals surface area contributed by atoms with Gasteiger partial charge in [-0.15, -0.1) is 0 Å². The van der Waals surface area contributed by atoms with E-state index in [9.17, 15) is 0 Å². The van der Waals surface area contributed by atoms with Gasteiger partial charge in [0.2, 0.25) is 0 Å². The molecule has 0 unspecified atom stereocenters. The van der Waals surface area contributed by atoms with E-state index in [1.54, 1.807) is 0 Å². The first-order chi connectivity index (χ1) is 9.12. The largest absolute Gasteiger partial charge is 0.378 e. The van der Waals surface area contributed by atoms with Crippen LogP contribution in [-0.4, -0.2) is 41.7 Å². The molecule has 2 heterocycles. The molecule has 4 nitrogen and oxygen atoms in total. The lowest BCUT2D eigenvalue weighted by Crippen LogP contribution is -2.52. The van der Waals surface area contributed by atoms with Crippen molar-refractivity contribution in [3.8, 4) is 0 Å². The van der Waals surface area contributed by atoms with Crippen LogP contribution in [0.1, 0.15) is 32.9 Å². The van der Waals surface area contributed by atoms with Gasteiger partial charge in [-0.25, -0.2) is 4.98 Å². The van der Waals surface area contributed by atoms with Crippen LogP contribution in [0.2, 0.25) is 0 Å². The van der Waals surface area contributed by atoms with Gasteiger partial charge in [-0.2, -0.15) is 0 Å². The highest BCUT2D eigenvalue weighted by Gasteiger charge is 2.30. The van der Waals surface area contributed by atoms with E-state index in [1.165, 1.54) is 0 Å². The summed E-state index contributed by atoms with van der Waals surface area (Å²) >= 11 is 0. The first-order valence-electron chi connectivity index (χ1n) is 7.14. The Kier molecular flexibility index (Phi) is 4.77. The fraction of sp³-hybridized carbons (Fsp3) is 0.667. The van der Waals surface area contributed by atoms with Gasteiger partial charge in [0.1, 0.15) is 5.82 Å².